The van der Waals surface area contributed by atoms with E-state index in [4.69, 9.17) is 18.9 Å². The Morgan fingerprint density at radius 1 is 1.15 bits per heavy atom. The van der Waals surface area contributed by atoms with Crippen molar-refractivity contribution in [2.24, 2.45) is 11.8 Å². The van der Waals surface area contributed by atoms with Crippen LogP contribution in [0, 0.1) is 11.8 Å². The highest BCUT2D eigenvalue weighted by atomic mass is 79.9. The Kier molecular flexibility index (Phi) is 9.51. The van der Waals surface area contributed by atoms with Crippen LogP contribution in [0.2, 0.25) is 0 Å². The van der Waals surface area contributed by atoms with Crippen LogP contribution in [0.5, 0.6) is 0 Å². The van der Waals surface area contributed by atoms with Gasteiger partial charge in [0.15, 0.2) is 0 Å². The van der Waals surface area contributed by atoms with Crippen molar-refractivity contribution in [3.63, 3.8) is 0 Å². The van der Waals surface area contributed by atoms with Gasteiger partial charge in [-0.25, -0.2) is 9.36 Å². The maximum atomic E-state index is 13.1. The van der Waals surface area contributed by atoms with Gasteiger partial charge in [-0.05, 0) is 70.4 Å². The largest absolute Gasteiger partial charge is 0.460 e. The van der Waals surface area contributed by atoms with Crippen molar-refractivity contribution in [1.29, 1.82) is 0 Å². The molecule has 2 heterocycles. The summed E-state index contributed by atoms with van der Waals surface area (Å²) in [6.07, 6.45) is 2.90. The van der Waals surface area contributed by atoms with Crippen LogP contribution < -0.4 is 0 Å². The minimum atomic E-state index is -0.635. The van der Waals surface area contributed by atoms with E-state index in [2.05, 4.69) is 46.9 Å². The molecule has 212 valence electrons. The lowest BCUT2D eigenvalue weighted by molar-refractivity contribution is -0.155. The summed E-state index contributed by atoms with van der Waals surface area (Å²) in [5, 5.41) is 1.04. The summed E-state index contributed by atoms with van der Waals surface area (Å²) >= 11 is 3.64. The predicted molar refractivity (Wildman–Crippen MR) is 150 cm³/mol. The molecule has 1 aromatic carbocycles. The number of carbonyl (C=O) groups is 3. The second kappa shape index (κ2) is 12.7. The quantitative estimate of drug-likeness (QED) is 0.271. The number of ether oxygens (including phenoxy) is 4. The number of likely N-dealkylation sites (N-methyl/N-ethyl adjacent to an activating group) is 1. The second-order valence-corrected chi connectivity index (χ2v) is 11.3. The van der Waals surface area contributed by atoms with E-state index in [1.54, 1.807) is 14.0 Å². The molecule has 9 nitrogen and oxygen atoms in total. The molecule has 1 aliphatic carbocycles. The van der Waals surface area contributed by atoms with Gasteiger partial charge in [-0.15, -0.1) is 0 Å². The van der Waals surface area contributed by atoms with Gasteiger partial charge < -0.3 is 18.9 Å². The second-order valence-electron chi connectivity index (χ2n) is 10.6. The van der Waals surface area contributed by atoms with Crippen LogP contribution in [0.25, 0.3) is 16.5 Å². The molecule has 39 heavy (non-hydrogen) atoms. The molecule has 4 unspecified atom stereocenters. The molecule has 1 aliphatic heterocycles. The summed E-state index contributed by atoms with van der Waals surface area (Å²) in [6, 6.07) is 6.20. The van der Waals surface area contributed by atoms with E-state index < -0.39 is 24.8 Å². The number of aromatic nitrogens is 1. The van der Waals surface area contributed by atoms with Gasteiger partial charge in [0.2, 0.25) is 6.79 Å². The number of halogens is 1. The highest BCUT2D eigenvalue weighted by Gasteiger charge is 2.36. The molecule has 0 amide bonds. The summed E-state index contributed by atoms with van der Waals surface area (Å²) in [6.45, 7) is 6.68. The molecule has 2 aromatic rings. The molecular weight excluding hydrogens is 568 g/mol. The van der Waals surface area contributed by atoms with E-state index in [-0.39, 0.29) is 30.9 Å². The Morgan fingerprint density at radius 3 is 2.62 bits per heavy atom. The predicted octanol–water partition coefficient (Wildman–Crippen LogP) is 5.16. The van der Waals surface area contributed by atoms with Crippen LogP contribution in [0.3, 0.4) is 0 Å². The maximum Gasteiger partial charge on any atom is 0.422 e. The summed E-state index contributed by atoms with van der Waals surface area (Å²) in [5.74, 6) is -0.790. The van der Waals surface area contributed by atoms with Crippen molar-refractivity contribution in [2.45, 2.75) is 58.6 Å². The van der Waals surface area contributed by atoms with Gasteiger partial charge in [-0.3, -0.25) is 14.5 Å². The Labute approximate surface area is 237 Å². The molecule has 0 radical (unpaired) electrons. The summed E-state index contributed by atoms with van der Waals surface area (Å²) in [7, 11) is 3.69. The Balaban J connectivity index is 1.36. The Bertz CT molecular complexity index is 1270. The number of fused-ring (bicyclic) bond motifs is 2. The van der Waals surface area contributed by atoms with Gasteiger partial charge in [0, 0.05) is 37.9 Å². The Hall–Kier alpha value is -2.69. The fourth-order valence-corrected chi connectivity index (χ4v) is 6.27. The van der Waals surface area contributed by atoms with Crippen molar-refractivity contribution < 1.29 is 33.3 Å². The van der Waals surface area contributed by atoms with E-state index in [0.717, 1.165) is 35.0 Å². The number of nitrogens with zero attached hydrogens (tertiary/aromatic N) is 2. The third-order valence-corrected chi connectivity index (χ3v) is 8.22. The number of methoxy groups -OCH3 is 1. The lowest BCUT2D eigenvalue weighted by Gasteiger charge is -2.39. The zero-order chi connectivity index (χ0) is 28.3. The first kappa shape index (κ1) is 29.3. The zero-order valence-corrected chi connectivity index (χ0v) is 24.8. The molecule has 4 atom stereocenters. The molecule has 4 rings (SSSR count). The highest BCUT2D eigenvalue weighted by molar-refractivity contribution is 9.10. The van der Waals surface area contributed by atoms with Gasteiger partial charge in [0.1, 0.15) is 6.10 Å². The minimum absolute atomic E-state index is 0.000185. The summed E-state index contributed by atoms with van der Waals surface area (Å²) < 4.78 is 23.0. The molecule has 0 bridgehead atoms. The van der Waals surface area contributed by atoms with Gasteiger partial charge in [-0.2, -0.15) is 0 Å². The Morgan fingerprint density at radius 2 is 1.90 bits per heavy atom. The van der Waals surface area contributed by atoms with Crippen LogP contribution in [0.4, 0.5) is 4.79 Å². The molecule has 2 aliphatic rings. The lowest BCUT2D eigenvalue weighted by Crippen LogP contribution is -2.41. The van der Waals surface area contributed by atoms with Crippen LogP contribution in [0.1, 0.15) is 51.2 Å². The number of esters is 2. The van der Waals surface area contributed by atoms with Crippen molar-refractivity contribution >= 4 is 50.4 Å². The molecule has 0 fully saturated rings. The highest BCUT2D eigenvalue weighted by Crippen LogP contribution is 2.44. The first-order valence-electron chi connectivity index (χ1n) is 13.4. The summed E-state index contributed by atoms with van der Waals surface area (Å²) in [4.78, 5) is 39.9. The van der Waals surface area contributed by atoms with Gasteiger partial charge in [0.25, 0.3) is 0 Å². The third kappa shape index (κ3) is 6.39. The number of benzene rings is 1. The van der Waals surface area contributed by atoms with Crippen molar-refractivity contribution in [3.8, 4) is 0 Å². The molecule has 0 spiro atoms. The van der Waals surface area contributed by atoms with Gasteiger partial charge >= 0.3 is 18.0 Å². The molecular formula is C29H37BrN2O7. The number of carbonyl (C=O) groups excluding carboxylic acids is 3. The fraction of sp³-hybridized carbons (Fsp3) is 0.552. The molecule has 0 saturated carbocycles. The van der Waals surface area contributed by atoms with E-state index in [9.17, 15) is 14.4 Å². The van der Waals surface area contributed by atoms with Crippen LogP contribution in [-0.2, 0) is 35.0 Å². The average Bonchev–Trinajstić information content (AvgIpc) is 3.16. The van der Waals surface area contributed by atoms with Crippen LogP contribution >= 0.6 is 15.9 Å². The zero-order valence-electron chi connectivity index (χ0n) is 23.2. The fourth-order valence-electron chi connectivity index (χ4n) is 5.58. The van der Waals surface area contributed by atoms with Crippen molar-refractivity contribution in [3.05, 3.63) is 40.0 Å². The normalized spacial score (nSPS) is 20.1. The van der Waals surface area contributed by atoms with E-state index in [1.165, 1.54) is 10.1 Å². The van der Waals surface area contributed by atoms with Crippen molar-refractivity contribution in [2.75, 3.05) is 34.1 Å². The topological polar surface area (TPSA) is 96.3 Å². The first-order valence-corrected chi connectivity index (χ1v) is 14.2. The standard InChI is InChI=1S/C29H37BrN2O7/c1-6-19(15-36-5)39-26(34)12-17(2)11-25(33)37-16-38-29(35)32-23-9-7-8-20-21-10-18(3)14-31(4)24(21)13-22(27(20)23)28(32)30/h7-10,17-19,24H,6,11-16H2,1-5H3. The smallest absolute Gasteiger partial charge is 0.422 e. The molecule has 0 saturated heterocycles. The lowest BCUT2D eigenvalue weighted by atomic mass is 9.80. The average molecular weight is 606 g/mol. The van der Waals surface area contributed by atoms with Crippen LogP contribution in [-0.4, -0.2) is 73.7 Å². The van der Waals surface area contributed by atoms with Gasteiger partial charge in [0.05, 0.1) is 16.7 Å². The van der Waals surface area contributed by atoms with E-state index in [0.29, 0.717) is 23.5 Å². The minimum Gasteiger partial charge on any atom is -0.460 e. The van der Waals surface area contributed by atoms with E-state index in [1.807, 2.05) is 19.1 Å². The molecule has 0 N–H and O–H groups in total. The third-order valence-electron chi connectivity index (χ3n) is 7.39. The van der Waals surface area contributed by atoms with Gasteiger partial charge in [-0.1, -0.05) is 39.0 Å². The van der Waals surface area contributed by atoms with Crippen molar-refractivity contribution in [1.82, 2.24) is 9.47 Å². The van der Waals surface area contributed by atoms with E-state index >= 15 is 0 Å². The monoisotopic (exact) mass is 604 g/mol. The SMILES string of the molecule is CCC(COC)OC(=O)CC(C)CC(=O)OCOC(=O)n1c(Br)c2c3c(cccc31)C1=CC(C)CN(C)C1C2. The molecule has 1 aromatic heterocycles. The molecule has 10 heteroatoms. The first-order chi connectivity index (χ1) is 18.6. The van der Waals surface area contributed by atoms with Crippen LogP contribution in [0.15, 0.2) is 28.9 Å². The maximum absolute atomic E-state index is 13.1. The summed E-state index contributed by atoms with van der Waals surface area (Å²) in [5.41, 5.74) is 4.24. The number of hydrogen-bond acceptors (Lipinski definition) is 8. The number of hydrogen-bond donors (Lipinski definition) is 0. The number of rotatable bonds is 10.